The Bertz CT molecular complexity index is 276. The minimum absolute atomic E-state index is 0.240. The molecule has 1 unspecified atom stereocenters. The van der Waals surface area contributed by atoms with Crippen LogP contribution in [0.2, 0.25) is 0 Å². The molecule has 0 fully saturated rings. The lowest BCUT2D eigenvalue weighted by atomic mass is 10.3. The molecule has 0 aliphatic heterocycles. The fourth-order valence-corrected chi connectivity index (χ4v) is 1.32. The molecule has 5 nitrogen and oxygen atoms in total. The summed E-state index contributed by atoms with van der Waals surface area (Å²) in [7, 11) is 0. The summed E-state index contributed by atoms with van der Waals surface area (Å²) in [5.41, 5.74) is 0.839. The maximum absolute atomic E-state index is 11.2. The molecule has 14 heavy (non-hydrogen) atoms. The normalized spacial score (nSPS) is 12.4. The van der Waals surface area contributed by atoms with Gasteiger partial charge in [0.1, 0.15) is 6.04 Å². The fraction of sp³-hybridized carbons (Fsp3) is 0.625. The molecule has 1 aromatic heterocycles. The lowest BCUT2D eigenvalue weighted by Crippen LogP contribution is -2.34. The van der Waals surface area contributed by atoms with Crippen molar-refractivity contribution in [2.45, 2.75) is 26.4 Å². The van der Waals surface area contributed by atoms with E-state index >= 15 is 0 Å². The molecule has 1 aromatic rings. The molecule has 6 heteroatoms. The Morgan fingerprint density at radius 3 is 3.14 bits per heavy atom. The number of hydrogen-bond acceptors (Lipinski definition) is 6. The van der Waals surface area contributed by atoms with Crippen LogP contribution in [-0.4, -0.2) is 28.2 Å². The number of rotatable bonds is 5. The number of aromatic nitrogens is 2. The van der Waals surface area contributed by atoms with Crippen molar-refractivity contribution < 1.29 is 9.53 Å². The molecule has 0 saturated carbocycles. The Morgan fingerprint density at radius 2 is 2.57 bits per heavy atom. The van der Waals surface area contributed by atoms with Crippen LogP contribution in [0.25, 0.3) is 0 Å². The van der Waals surface area contributed by atoms with Gasteiger partial charge in [-0.3, -0.25) is 10.1 Å². The molecular formula is C8H13N3O2S. The first-order valence-electron chi connectivity index (χ1n) is 4.40. The van der Waals surface area contributed by atoms with Gasteiger partial charge in [-0.1, -0.05) is 4.49 Å². The second kappa shape index (κ2) is 5.66. The van der Waals surface area contributed by atoms with Crippen LogP contribution >= 0.6 is 11.5 Å². The minimum Gasteiger partial charge on any atom is -0.465 e. The van der Waals surface area contributed by atoms with Crippen LogP contribution in [0, 0.1) is 0 Å². The van der Waals surface area contributed by atoms with E-state index in [2.05, 4.69) is 14.9 Å². The molecule has 1 N–H and O–H groups in total. The Balaban J connectivity index is 2.27. The third-order valence-corrected chi connectivity index (χ3v) is 2.19. The molecule has 0 saturated heterocycles. The summed E-state index contributed by atoms with van der Waals surface area (Å²) in [4.78, 5) is 11.2. The van der Waals surface area contributed by atoms with Crippen molar-refractivity contribution in [3.05, 3.63) is 11.1 Å². The topological polar surface area (TPSA) is 64.1 Å². The average Bonchev–Trinajstić information content (AvgIpc) is 2.67. The largest absolute Gasteiger partial charge is 0.465 e. The third-order valence-electron chi connectivity index (χ3n) is 1.63. The molecule has 0 aromatic carbocycles. The lowest BCUT2D eigenvalue weighted by molar-refractivity contribution is -0.145. The van der Waals surface area contributed by atoms with E-state index < -0.39 is 0 Å². The number of nitrogens with zero attached hydrogens (tertiary/aromatic N) is 2. The van der Waals surface area contributed by atoms with Gasteiger partial charge >= 0.3 is 5.97 Å². The summed E-state index contributed by atoms with van der Waals surface area (Å²) in [6.07, 6.45) is 0. The first-order chi connectivity index (χ1) is 6.74. The van der Waals surface area contributed by atoms with E-state index in [1.54, 1.807) is 13.8 Å². The quantitative estimate of drug-likeness (QED) is 0.728. The van der Waals surface area contributed by atoms with Crippen molar-refractivity contribution in [2.75, 3.05) is 6.61 Å². The molecule has 1 heterocycles. The monoisotopic (exact) mass is 215 g/mol. The molecule has 0 bridgehead atoms. The van der Waals surface area contributed by atoms with E-state index in [4.69, 9.17) is 4.74 Å². The number of carbonyl (C=O) groups excluding carboxylic acids is 1. The second-order valence-electron chi connectivity index (χ2n) is 2.75. The molecule has 1 atom stereocenters. The zero-order valence-corrected chi connectivity index (χ0v) is 9.00. The standard InChI is InChI=1S/C8H13N3O2S/c1-3-13-8(12)6(2)9-4-7-5-14-11-10-7/h5-6,9H,3-4H2,1-2H3. The first kappa shape index (κ1) is 11.1. The number of ether oxygens (including phenoxy) is 1. The smallest absolute Gasteiger partial charge is 0.322 e. The predicted octanol–water partition coefficient (Wildman–Crippen LogP) is 0.579. The molecule has 0 amide bonds. The van der Waals surface area contributed by atoms with Crippen LogP contribution in [0.1, 0.15) is 19.5 Å². The van der Waals surface area contributed by atoms with Gasteiger partial charge in [-0.15, -0.1) is 5.10 Å². The zero-order chi connectivity index (χ0) is 10.4. The van der Waals surface area contributed by atoms with E-state index in [-0.39, 0.29) is 12.0 Å². The summed E-state index contributed by atoms with van der Waals surface area (Å²) < 4.78 is 8.56. The van der Waals surface area contributed by atoms with Crippen LogP contribution in [0.3, 0.4) is 0 Å². The van der Waals surface area contributed by atoms with E-state index in [1.807, 2.05) is 5.38 Å². The highest BCUT2D eigenvalue weighted by atomic mass is 32.1. The van der Waals surface area contributed by atoms with Gasteiger partial charge in [-0.25, -0.2) is 0 Å². The fourth-order valence-electron chi connectivity index (χ4n) is 0.869. The van der Waals surface area contributed by atoms with Gasteiger partial charge in [-0.2, -0.15) is 0 Å². The summed E-state index contributed by atoms with van der Waals surface area (Å²) in [6.45, 7) is 4.49. The molecule has 0 aliphatic rings. The number of esters is 1. The van der Waals surface area contributed by atoms with E-state index in [1.165, 1.54) is 11.5 Å². The van der Waals surface area contributed by atoms with Crippen molar-refractivity contribution in [1.29, 1.82) is 0 Å². The Morgan fingerprint density at radius 1 is 1.79 bits per heavy atom. The number of carbonyl (C=O) groups is 1. The number of nitrogens with one attached hydrogen (secondary N) is 1. The molecule has 1 rings (SSSR count). The maximum atomic E-state index is 11.2. The van der Waals surface area contributed by atoms with Gasteiger partial charge in [0.15, 0.2) is 0 Å². The van der Waals surface area contributed by atoms with Gasteiger partial charge < -0.3 is 4.74 Å². The highest BCUT2D eigenvalue weighted by molar-refractivity contribution is 7.03. The number of hydrogen-bond donors (Lipinski definition) is 1. The van der Waals surface area contributed by atoms with Gasteiger partial charge in [-0.05, 0) is 25.4 Å². The predicted molar refractivity (Wildman–Crippen MR) is 52.8 cm³/mol. The summed E-state index contributed by atoms with van der Waals surface area (Å²) >= 11 is 1.29. The molecule has 0 spiro atoms. The van der Waals surface area contributed by atoms with E-state index in [0.29, 0.717) is 13.2 Å². The molecule has 0 radical (unpaired) electrons. The van der Waals surface area contributed by atoms with Crippen LogP contribution in [0.4, 0.5) is 0 Å². The SMILES string of the molecule is CCOC(=O)C(C)NCc1csnn1. The Labute approximate surface area is 86.6 Å². The molecular weight excluding hydrogens is 202 g/mol. The summed E-state index contributed by atoms with van der Waals surface area (Å²) in [6, 6.07) is -0.309. The molecule has 0 aliphatic carbocycles. The van der Waals surface area contributed by atoms with Crippen molar-refractivity contribution in [3.8, 4) is 0 Å². The van der Waals surface area contributed by atoms with Crippen molar-refractivity contribution in [3.63, 3.8) is 0 Å². The van der Waals surface area contributed by atoms with Gasteiger partial charge in [0, 0.05) is 11.9 Å². The highest BCUT2D eigenvalue weighted by Crippen LogP contribution is 1.97. The summed E-state index contributed by atoms with van der Waals surface area (Å²) in [5.74, 6) is -0.240. The van der Waals surface area contributed by atoms with Crippen LogP contribution in [0.15, 0.2) is 5.38 Å². The Hall–Kier alpha value is -1.01. The maximum Gasteiger partial charge on any atom is 0.322 e. The van der Waals surface area contributed by atoms with Crippen LogP contribution in [-0.2, 0) is 16.1 Å². The van der Waals surface area contributed by atoms with Gasteiger partial charge in [0.05, 0.1) is 12.3 Å². The van der Waals surface area contributed by atoms with Crippen LogP contribution < -0.4 is 5.32 Å². The third kappa shape index (κ3) is 3.39. The Kier molecular flexibility index (Phi) is 4.48. The van der Waals surface area contributed by atoms with Crippen LogP contribution in [0.5, 0.6) is 0 Å². The molecule has 78 valence electrons. The zero-order valence-electron chi connectivity index (χ0n) is 8.19. The van der Waals surface area contributed by atoms with Crippen molar-refractivity contribution in [2.24, 2.45) is 0 Å². The van der Waals surface area contributed by atoms with Gasteiger partial charge in [0.2, 0.25) is 0 Å². The minimum atomic E-state index is -0.309. The second-order valence-corrected chi connectivity index (χ2v) is 3.36. The van der Waals surface area contributed by atoms with E-state index in [9.17, 15) is 4.79 Å². The first-order valence-corrected chi connectivity index (χ1v) is 5.23. The van der Waals surface area contributed by atoms with Crippen molar-refractivity contribution in [1.82, 2.24) is 14.9 Å². The average molecular weight is 215 g/mol. The van der Waals surface area contributed by atoms with Crippen molar-refractivity contribution >= 4 is 17.5 Å². The van der Waals surface area contributed by atoms with E-state index in [0.717, 1.165) is 5.69 Å². The van der Waals surface area contributed by atoms with Gasteiger partial charge in [0.25, 0.3) is 0 Å². The highest BCUT2D eigenvalue weighted by Gasteiger charge is 2.12. The lowest BCUT2D eigenvalue weighted by Gasteiger charge is -2.10. The summed E-state index contributed by atoms with van der Waals surface area (Å²) in [5, 5.41) is 8.68.